The second-order valence-corrected chi connectivity index (χ2v) is 12.6. The molecule has 0 radical (unpaired) electrons. The molecule has 2 atom stereocenters. The van der Waals surface area contributed by atoms with Crippen LogP contribution < -0.4 is 15.7 Å². The molecule has 3 heterocycles. The van der Waals surface area contributed by atoms with Gasteiger partial charge in [-0.3, -0.25) is 14.3 Å². The normalized spacial score (nSPS) is 15.5. The number of likely N-dealkylation sites (tertiary alicyclic amines) is 1. The maximum atomic E-state index is 14.4. The summed E-state index contributed by atoms with van der Waals surface area (Å²) in [7, 11) is -2.96. The molecule has 1 N–H and O–H groups in total. The Morgan fingerprint density at radius 1 is 1.04 bits per heavy atom. The molecule has 1 saturated heterocycles. The Morgan fingerprint density at radius 2 is 1.80 bits per heavy atom. The molecule has 0 aliphatic carbocycles. The zero-order valence-electron chi connectivity index (χ0n) is 24.6. The first-order valence-corrected chi connectivity index (χ1v) is 15.7. The summed E-state index contributed by atoms with van der Waals surface area (Å²) < 4.78 is 35.1. The molecule has 11 nitrogen and oxygen atoms in total. The number of carbonyl (C=O) groups is 1. The summed E-state index contributed by atoms with van der Waals surface area (Å²) >= 11 is 0. The molecule has 1 aliphatic rings. The number of hydrogen-bond acceptors (Lipinski definition) is 8. The number of pyridine rings is 1. The molecular weight excluding hydrogens is 592 g/mol. The average Bonchev–Trinajstić information content (AvgIpc) is 3.63. The Morgan fingerprint density at radius 3 is 2.49 bits per heavy atom. The molecule has 1 amide bonds. The molecule has 2 aromatic heterocycles. The van der Waals surface area contributed by atoms with Gasteiger partial charge >= 0.3 is 5.69 Å². The summed E-state index contributed by atoms with van der Waals surface area (Å²) in [5, 5.41) is 13.2. The largest absolute Gasteiger partial charge is 0.497 e. The van der Waals surface area contributed by atoms with Crippen LogP contribution in [0.25, 0.3) is 11.0 Å². The molecule has 0 saturated carbocycles. The van der Waals surface area contributed by atoms with Gasteiger partial charge in [0, 0.05) is 36.7 Å². The minimum Gasteiger partial charge on any atom is -0.497 e. The molecule has 1 aliphatic heterocycles. The van der Waals surface area contributed by atoms with Crippen LogP contribution in [-0.4, -0.2) is 59.0 Å². The molecule has 5 aromatic rings. The topological polar surface area (TPSA) is 139 Å². The van der Waals surface area contributed by atoms with Gasteiger partial charge in [0.05, 0.1) is 34.7 Å². The van der Waals surface area contributed by atoms with Crippen LogP contribution in [-0.2, 0) is 14.8 Å². The Labute approximate surface area is 260 Å². The van der Waals surface area contributed by atoms with E-state index in [1.807, 2.05) is 19.1 Å². The van der Waals surface area contributed by atoms with Crippen LogP contribution in [0.3, 0.4) is 0 Å². The highest BCUT2D eigenvalue weighted by atomic mass is 32.2. The quantitative estimate of drug-likeness (QED) is 0.275. The molecule has 0 spiro atoms. The summed E-state index contributed by atoms with van der Waals surface area (Å²) in [6.07, 6.45) is 2.40. The number of carbonyl (C=O) groups excluding carboxylic acids is 1. The Kier molecular flexibility index (Phi) is 7.87. The van der Waals surface area contributed by atoms with Crippen molar-refractivity contribution in [1.29, 1.82) is 5.26 Å². The first-order chi connectivity index (χ1) is 21.7. The van der Waals surface area contributed by atoms with Crippen molar-refractivity contribution in [2.75, 3.05) is 25.5 Å². The number of aryl methyl sites for hydroxylation is 1. The van der Waals surface area contributed by atoms with E-state index in [4.69, 9.17) is 4.74 Å². The average molecular weight is 623 g/mol. The lowest BCUT2D eigenvalue weighted by Crippen LogP contribution is -2.41. The summed E-state index contributed by atoms with van der Waals surface area (Å²) in [6.45, 7) is 2.72. The van der Waals surface area contributed by atoms with Gasteiger partial charge in [-0.15, -0.1) is 0 Å². The third kappa shape index (κ3) is 5.54. The van der Waals surface area contributed by atoms with Crippen LogP contribution >= 0.6 is 0 Å². The first-order valence-electron chi connectivity index (χ1n) is 14.3. The van der Waals surface area contributed by atoms with Crippen molar-refractivity contribution in [3.05, 3.63) is 118 Å². The van der Waals surface area contributed by atoms with Crippen LogP contribution in [0.4, 0.5) is 5.69 Å². The highest BCUT2D eigenvalue weighted by Crippen LogP contribution is 2.30. The van der Waals surface area contributed by atoms with Gasteiger partial charge in [0.2, 0.25) is 0 Å². The highest BCUT2D eigenvalue weighted by molar-refractivity contribution is 7.90. The number of imidazole rings is 1. The van der Waals surface area contributed by atoms with E-state index in [0.29, 0.717) is 34.8 Å². The van der Waals surface area contributed by atoms with Crippen molar-refractivity contribution in [2.45, 2.75) is 30.3 Å². The molecule has 228 valence electrons. The van der Waals surface area contributed by atoms with Crippen molar-refractivity contribution in [1.82, 2.24) is 18.4 Å². The van der Waals surface area contributed by atoms with Crippen molar-refractivity contribution >= 4 is 32.7 Å². The van der Waals surface area contributed by atoms with Gasteiger partial charge in [-0.05, 0) is 73.5 Å². The number of fused-ring (bicyclic) bond motifs is 1. The van der Waals surface area contributed by atoms with Crippen LogP contribution in [0, 0.1) is 18.3 Å². The van der Waals surface area contributed by atoms with Crippen molar-refractivity contribution in [2.24, 2.45) is 0 Å². The van der Waals surface area contributed by atoms with Crippen molar-refractivity contribution < 1.29 is 17.9 Å². The minimum atomic E-state index is -4.42. The molecule has 0 bridgehead atoms. The van der Waals surface area contributed by atoms with E-state index in [0.717, 1.165) is 11.4 Å². The fraction of sp³-hybridized carbons (Fsp3) is 0.212. The van der Waals surface area contributed by atoms with E-state index in [-0.39, 0.29) is 33.4 Å². The van der Waals surface area contributed by atoms with E-state index in [2.05, 4.69) is 16.4 Å². The van der Waals surface area contributed by atoms with Crippen molar-refractivity contribution in [3.8, 4) is 11.8 Å². The molecule has 6 rings (SSSR count). The molecule has 45 heavy (non-hydrogen) atoms. The maximum Gasteiger partial charge on any atom is 0.344 e. The Bertz CT molecular complexity index is 2100. The first kappa shape index (κ1) is 29.7. The number of rotatable bonds is 8. The van der Waals surface area contributed by atoms with Crippen molar-refractivity contribution in [3.63, 3.8) is 0 Å². The van der Waals surface area contributed by atoms with E-state index < -0.39 is 21.8 Å². The monoisotopic (exact) mass is 622 g/mol. The highest BCUT2D eigenvalue weighted by Gasteiger charge is 2.37. The summed E-state index contributed by atoms with van der Waals surface area (Å²) in [5.41, 5.74) is 1.78. The number of benzene rings is 3. The predicted octanol–water partition coefficient (Wildman–Crippen LogP) is 3.93. The number of aromatic nitrogens is 3. The zero-order chi connectivity index (χ0) is 31.7. The Hall–Kier alpha value is -5.41. The molecule has 3 aromatic carbocycles. The summed E-state index contributed by atoms with van der Waals surface area (Å²) in [6, 6.07) is 23.4. The predicted molar refractivity (Wildman–Crippen MR) is 169 cm³/mol. The maximum absolute atomic E-state index is 14.4. The number of nitriles is 1. The standard InChI is InChI=1S/C33H30N6O5S/c1-22-18-25(14-16-35-22)36-26-15-17-37(21-26)32(40)31(24-6-4-3-5-7-24)38-30-19-23(20-34)8-13-29(30)39(33(38)41)45(42,43)28-11-9-27(44-2)10-12-28/h3-14,16,18-19,26,31H,15,17,21H2,1-2H3,(H,35,36). The fourth-order valence-electron chi connectivity index (χ4n) is 5.76. The number of anilines is 1. The number of methoxy groups -OCH3 is 1. The molecule has 2 unspecified atom stereocenters. The number of ether oxygens (including phenoxy) is 1. The molecule has 1 fully saturated rings. The molecular formula is C33H30N6O5S. The van der Waals surface area contributed by atoms with Gasteiger partial charge in [0.15, 0.2) is 0 Å². The van der Waals surface area contributed by atoms with E-state index >= 15 is 0 Å². The summed E-state index contributed by atoms with van der Waals surface area (Å²) in [4.78, 5) is 34.6. The van der Waals surface area contributed by atoms with Gasteiger partial charge in [-0.1, -0.05) is 30.3 Å². The summed E-state index contributed by atoms with van der Waals surface area (Å²) in [5.74, 6) is 0.0939. The van der Waals surface area contributed by atoms with E-state index in [1.165, 1.54) is 54.1 Å². The zero-order valence-corrected chi connectivity index (χ0v) is 25.4. The molecule has 12 heteroatoms. The SMILES string of the molecule is COc1ccc(S(=O)(=O)n2c(=O)n(C(C(=O)N3CCC(Nc4ccnc(C)c4)C3)c3ccccc3)c3cc(C#N)ccc32)cc1. The van der Waals surface area contributed by atoms with Gasteiger partial charge in [0.25, 0.3) is 15.9 Å². The van der Waals surface area contributed by atoms with Crippen LogP contribution in [0.15, 0.2) is 101 Å². The van der Waals surface area contributed by atoms with E-state index in [1.54, 1.807) is 41.4 Å². The number of nitrogens with zero attached hydrogens (tertiary/aromatic N) is 5. The van der Waals surface area contributed by atoms with Gasteiger partial charge in [0.1, 0.15) is 11.8 Å². The van der Waals surface area contributed by atoms with E-state index in [9.17, 15) is 23.3 Å². The van der Waals surface area contributed by atoms with Gasteiger partial charge in [-0.25, -0.2) is 13.2 Å². The lowest BCUT2D eigenvalue weighted by molar-refractivity contribution is -0.132. The van der Waals surface area contributed by atoms with Crippen LogP contribution in [0.5, 0.6) is 5.75 Å². The lowest BCUT2D eigenvalue weighted by Gasteiger charge is -2.25. The third-order valence-corrected chi connectivity index (χ3v) is 9.64. The van der Waals surface area contributed by atoms with Crippen LogP contribution in [0.2, 0.25) is 0 Å². The number of nitrogens with one attached hydrogen (secondary N) is 1. The number of hydrogen-bond donors (Lipinski definition) is 1. The minimum absolute atomic E-state index is 0.0362. The third-order valence-electron chi connectivity index (χ3n) is 7.94. The van der Waals surface area contributed by atoms with Gasteiger partial charge < -0.3 is 15.0 Å². The number of amides is 1. The van der Waals surface area contributed by atoms with Crippen LogP contribution in [0.1, 0.15) is 29.3 Å². The second-order valence-electron chi connectivity index (χ2n) is 10.8. The van der Waals surface area contributed by atoms with Gasteiger partial charge in [-0.2, -0.15) is 9.23 Å². The lowest BCUT2D eigenvalue weighted by atomic mass is 10.0. The smallest absolute Gasteiger partial charge is 0.344 e. The fourth-order valence-corrected chi connectivity index (χ4v) is 7.15. The second kappa shape index (κ2) is 11.9. The Balaban J connectivity index is 1.47.